The van der Waals surface area contributed by atoms with Crippen LogP contribution in [0.25, 0.3) is 5.65 Å². The summed E-state index contributed by atoms with van der Waals surface area (Å²) in [6, 6.07) is 6.25. The van der Waals surface area contributed by atoms with Crippen LogP contribution in [0.5, 0.6) is 0 Å². The molecule has 2 rings (SSSR count). The Balaban J connectivity index is 2.89. The lowest BCUT2D eigenvalue weighted by Gasteiger charge is -2.32. The molecule has 4 nitrogen and oxygen atoms in total. The first kappa shape index (κ1) is 14.7. The second-order valence-corrected chi connectivity index (χ2v) is 9.77. The first-order valence-corrected chi connectivity index (χ1v) is 8.94. The highest BCUT2D eigenvalue weighted by molar-refractivity contribution is 8.15. The molecular formula is C13H22N4PS+. The third-order valence-corrected chi connectivity index (χ3v) is 9.34. The van der Waals surface area contributed by atoms with Crippen LogP contribution in [0, 0.1) is 6.92 Å². The van der Waals surface area contributed by atoms with E-state index < -0.39 is 6.34 Å². The second kappa shape index (κ2) is 4.98. The van der Waals surface area contributed by atoms with Gasteiger partial charge in [-0.25, -0.2) is 4.57 Å². The van der Waals surface area contributed by atoms with Crippen LogP contribution in [0.3, 0.4) is 0 Å². The highest BCUT2D eigenvalue weighted by Crippen LogP contribution is 2.48. The lowest BCUT2D eigenvalue weighted by atomic mass is 10.5. The quantitative estimate of drug-likeness (QED) is 0.624. The fraction of sp³-hybridized carbons (Fsp3) is 0.462. The number of aromatic nitrogens is 2. The number of rotatable bonds is 3. The van der Waals surface area contributed by atoms with Crippen LogP contribution in [0.1, 0.15) is 5.69 Å². The third kappa shape index (κ3) is 2.05. The van der Waals surface area contributed by atoms with Gasteiger partial charge in [-0.2, -0.15) is 4.40 Å². The molecule has 0 aromatic carbocycles. The van der Waals surface area contributed by atoms with E-state index in [-0.39, 0.29) is 0 Å². The third-order valence-electron chi connectivity index (χ3n) is 3.60. The van der Waals surface area contributed by atoms with Crippen molar-refractivity contribution in [3.63, 3.8) is 0 Å². The molecule has 0 aliphatic carbocycles. The van der Waals surface area contributed by atoms with Gasteiger partial charge in [0.25, 0.3) is 5.65 Å². The molecule has 19 heavy (non-hydrogen) atoms. The Bertz CT molecular complexity index is 648. The average molecular weight is 297 g/mol. The molecule has 6 heteroatoms. The molecule has 0 saturated carbocycles. The highest BCUT2D eigenvalue weighted by Gasteiger charge is 2.36. The summed E-state index contributed by atoms with van der Waals surface area (Å²) in [7, 11) is 10.4. The maximum atomic E-state index is 6.07. The standard InChI is InChI=1S/C13H22N4PS/c1-11-13(18(19,14(2)3)15(4)5)17-10-8-7-9-12(17)16(11)6/h7-10H,1-6H3/q+1. The minimum absolute atomic E-state index is 1.17. The zero-order chi connectivity index (χ0) is 14.4. The second-order valence-electron chi connectivity index (χ2n) is 5.14. The van der Waals surface area contributed by atoms with E-state index in [1.807, 2.05) is 0 Å². The van der Waals surface area contributed by atoms with E-state index in [4.69, 9.17) is 11.8 Å². The number of hydrogen-bond acceptors (Lipinski definition) is 1. The molecule has 0 saturated heterocycles. The Kier molecular flexibility index (Phi) is 3.85. The molecule has 0 aliphatic heterocycles. The maximum Gasteiger partial charge on any atom is 0.286 e. The summed E-state index contributed by atoms with van der Waals surface area (Å²) in [6.45, 7) is 2.15. The summed E-state index contributed by atoms with van der Waals surface area (Å²) < 4.78 is 8.81. The molecule has 2 heterocycles. The number of imidazole rings is 1. The van der Waals surface area contributed by atoms with Crippen LogP contribution >= 0.6 is 6.34 Å². The van der Waals surface area contributed by atoms with Crippen LogP contribution in [-0.2, 0) is 18.9 Å². The lowest BCUT2D eigenvalue weighted by molar-refractivity contribution is -0.491. The van der Waals surface area contributed by atoms with E-state index in [0.717, 1.165) is 0 Å². The Morgan fingerprint density at radius 2 is 1.74 bits per heavy atom. The Morgan fingerprint density at radius 1 is 1.16 bits per heavy atom. The minimum Gasteiger partial charge on any atom is -0.263 e. The number of nitrogens with zero attached hydrogens (tertiary/aromatic N) is 4. The lowest BCUT2D eigenvalue weighted by Crippen LogP contribution is -2.43. The molecule has 0 bridgehead atoms. The van der Waals surface area contributed by atoms with Crippen molar-refractivity contribution in [3.8, 4) is 0 Å². The van der Waals surface area contributed by atoms with Gasteiger partial charge in [-0.15, -0.1) is 0 Å². The van der Waals surface area contributed by atoms with Gasteiger partial charge < -0.3 is 0 Å². The first-order valence-electron chi connectivity index (χ1n) is 6.23. The number of hydrogen-bond donors (Lipinski definition) is 0. The molecule has 2 aromatic rings. The van der Waals surface area contributed by atoms with Crippen LogP contribution in [-0.4, -0.2) is 42.1 Å². The molecule has 0 amide bonds. The summed E-state index contributed by atoms with van der Waals surface area (Å²) in [5, 5.41) is 0. The van der Waals surface area contributed by atoms with Gasteiger partial charge in [-0.3, -0.25) is 9.34 Å². The molecule has 0 atom stereocenters. The average Bonchev–Trinajstić information content (AvgIpc) is 2.61. The van der Waals surface area contributed by atoms with E-state index in [1.54, 1.807) is 0 Å². The van der Waals surface area contributed by atoms with Crippen LogP contribution in [0.4, 0.5) is 0 Å². The van der Waals surface area contributed by atoms with Crippen molar-refractivity contribution < 1.29 is 4.40 Å². The SMILES string of the molecule is Cc1c(P(=S)(N(C)C)N(C)C)[n+]2ccccc2n1C. The van der Waals surface area contributed by atoms with Crippen molar-refractivity contribution in [1.82, 2.24) is 13.9 Å². The smallest absolute Gasteiger partial charge is 0.263 e. The molecule has 2 aromatic heterocycles. The predicted octanol–water partition coefficient (Wildman–Crippen LogP) is 1.13. The molecule has 0 spiro atoms. The van der Waals surface area contributed by atoms with Gasteiger partial charge in [0.05, 0.1) is 13.2 Å². The molecular weight excluding hydrogens is 275 g/mol. The fourth-order valence-corrected chi connectivity index (χ4v) is 5.63. The molecule has 104 valence electrons. The number of fused-ring (bicyclic) bond motifs is 1. The van der Waals surface area contributed by atoms with Crippen molar-refractivity contribution in [3.05, 3.63) is 30.1 Å². The van der Waals surface area contributed by atoms with Crippen molar-refractivity contribution in [2.75, 3.05) is 28.2 Å². The van der Waals surface area contributed by atoms with E-state index in [0.29, 0.717) is 0 Å². The molecule has 0 unspecified atom stereocenters. The van der Waals surface area contributed by atoms with Crippen LogP contribution < -0.4 is 9.84 Å². The van der Waals surface area contributed by atoms with Crippen molar-refractivity contribution in [2.24, 2.45) is 7.05 Å². The normalized spacial score (nSPS) is 12.8. The Labute approximate surface area is 120 Å². The first-order chi connectivity index (χ1) is 8.81. The van der Waals surface area contributed by atoms with Crippen LogP contribution in [0.15, 0.2) is 24.4 Å². The highest BCUT2D eigenvalue weighted by atomic mass is 32.4. The Morgan fingerprint density at radius 3 is 2.26 bits per heavy atom. The van der Waals surface area contributed by atoms with Crippen molar-refractivity contribution >= 4 is 29.2 Å². The van der Waals surface area contributed by atoms with Gasteiger partial charge in [-0.1, -0.05) is 17.9 Å². The van der Waals surface area contributed by atoms with Gasteiger partial charge in [0.15, 0.2) is 5.69 Å². The molecule has 0 radical (unpaired) electrons. The summed E-state index contributed by atoms with van der Waals surface area (Å²) in [5.41, 5.74) is 3.64. The fourth-order valence-electron chi connectivity index (χ4n) is 2.47. The van der Waals surface area contributed by atoms with Crippen molar-refractivity contribution in [1.29, 1.82) is 0 Å². The molecule has 0 fully saturated rings. The van der Waals surface area contributed by atoms with E-state index >= 15 is 0 Å². The zero-order valence-corrected chi connectivity index (χ0v) is 14.2. The number of aryl methyl sites for hydroxylation is 1. The number of pyridine rings is 1. The van der Waals surface area contributed by atoms with E-state index in [2.05, 4.69) is 84.9 Å². The minimum atomic E-state index is -1.94. The van der Waals surface area contributed by atoms with Crippen LogP contribution in [0.2, 0.25) is 0 Å². The topological polar surface area (TPSA) is 15.5 Å². The van der Waals surface area contributed by atoms with Gasteiger partial charge in [0.1, 0.15) is 6.34 Å². The molecule has 0 N–H and O–H groups in total. The van der Waals surface area contributed by atoms with E-state index in [9.17, 15) is 0 Å². The summed E-state index contributed by atoms with van der Waals surface area (Å²) >= 11 is 6.07. The summed E-state index contributed by atoms with van der Waals surface area (Å²) in [4.78, 5) is 0. The van der Waals surface area contributed by atoms with Gasteiger partial charge in [-0.05, 0) is 34.3 Å². The summed E-state index contributed by atoms with van der Waals surface area (Å²) in [6.07, 6.45) is 0.167. The molecule has 0 aliphatic rings. The van der Waals surface area contributed by atoms with Crippen molar-refractivity contribution in [2.45, 2.75) is 6.92 Å². The van der Waals surface area contributed by atoms with E-state index in [1.165, 1.54) is 16.8 Å². The Hall–Kier alpha value is -0.740. The summed E-state index contributed by atoms with van der Waals surface area (Å²) in [5.74, 6) is 0. The van der Waals surface area contributed by atoms with Gasteiger partial charge in [0, 0.05) is 13.0 Å². The predicted molar refractivity (Wildman–Crippen MR) is 84.6 cm³/mol. The maximum absolute atomic E-state index is 6.07. The zero-order valence-electron chi connectivity index (χ0n) is 12.5. The largest absolute Gasteiger partial charge is 0.286 e. The van der Waals surface area contributed by atoms with Gasteiger partial charge >= 0.3 is 0 Å². The van der Waals surface area contributed by atoms with Gasteiger partial charge in [0.2, 0.25) is 5.44 Å². The monoisotopic (exact) mass is 297 g/mol.